The summed E-state index contributed by atoms with van der Waals surface area (Å²) in [7, 11) is -1.20. The Morgan fingerprint density at radius 2 is 1.94 bits per heavy atom. The van der Waals surface area contributed by atoms with Crippen molar-refractivity contribution in [1.82, 2.24) is 10.6 Å². The van der Waals surface area contributed by atoms with Gasteiger partial charge in [0.25, 0.3) is 0 Å². The predicted molar refractivity (Wildman–Crippen MR) is 81.9 cm³/mol. The second-order valence-corrected chi connectivity index (χ2v) is 6.51. The molecule has 0 aromatic carbocycles. The van der Waals surface area contributed by atoms with Gasteiger partial charge in [-0.15, -0.1) is 24.0 Å². The van der Waals surface area contributed by atoms with Gasteiger partial charge >= 0.3 is 0 Å². The predicted octanol–water partition coefficient (Wildman–Crippen LogP) is 0.757. The van der Waals surface area contributed by atoms with E-state index in [1.54, 1.807) is 7.05 Å². The minimum Gasteiger partial charge on any atom is -0.355 e. The molecule has 0 aromatic heterocycles. The number of sulfone groups is 1. The summed E-state index contributed by atoms with van der Waals surface area (Å²) >= 11 is 0. The van der Waals surface area contributed by atoms with Crippen molar-refractivity contribution < 1.29 is 8.42 Å². The number of nitrogens with one attached hydrogen (secondary N) is 2. The zero-order chi connectivity index (χ0) is 12.0. The van der Waals surface area contributed by atoms with Gasteiger partial charge in [0.2, 0.25) is 0 Å². The van der Waals surface area contributed by atoms with Crippen LogP contribution in [0.15, 0.2) is 4.99 Å². The summed E-state index contributed by atoms with van der Waals surface area (Å²) in [5.74, 6) is 0.841. The zero-order valence-electron chi connectivity index (χ0n) is 10.4. The van der Waals surface area contributed by atoms with Gasteiger partial charge in [0.1, 0.15) is 9.84 Å². The summed E-state index contributed by atoms with van der Waals surface area (Å²) in [5, 5.41) is 6.31. The fourth-order valence-corrected chi connectivity index (χ4v) is 2.29. The molecule has 1 aliphatic carbocycles. The molecule has 1 saturated carbocycles. The maximum Gasteiger partial charge on any atom is 0.191 e. The van der Waals surface area contributed by atoms with E-state index in [1.807, 2.05) is 0 Å². The van der Waals surface area contributed by atoms with Gasteiger partial charge in [-0.05, 0) is 12.8 Å². The first-order valence-corrected chi connectivity index (χ1v) is 7.72. The molecular weight excluding hydrogens is 353 g/mol. The average Bonchev–Trinajstić information content (AvgIpc) is 2.67. The maximum atomic E-state index is 10.9. The van der Waals surface area contributed by atoms with E-state index in [0.29, 0.717) is 18.5 Å². The second-order valence-electron chi connectivity index (χ2n) is 4.25. The third kappa shape index (κ3) is 7.80. The van der Waals surface area contributed by atoms with E-state index in [9.17, 15) is 8.42 Å². The molecule has 0 saturated heterocycles. The molecule has 0 amide bonds. The molecule has 7 heteroatoms. The first-order chi connectivity index (χ1) is 7.51. The van der Waals surface area contributed by atoms with Crippen molar-refractivity contribution in [3.63, 3.8) is 0 Å². The highest BCUT2D eigenvalue weighted by atomic mass is 127. The van der Waals surface area contributed by atoms with E-state index in [2.05, 4.69) is 15.6 Å². The fraction of sp³-hybridized carbons (Fsp3) is 0.900. The molecular formula is C10H22IN3O2S. The molecule has 0 heterocycles. The molecule has 102 valence electrons. The average molecular weight is 375 g/mol. The highest BCUT2D eigenvalue weighted by Crippen LogP contribution is 2.17. The van der Waals surface area contributed by atoms with Crippen LogP contribution >= 0.6 is 24.0 Å². The number of hydrogen-bond acceptors (Lipinski definition) is 3. The van der Waals surface area contributed by atoms with E-state index >= 15 is 0 Å². The quantitative estimate of drug-likeness (QED) is 0.432. The molecule has 17 heavy (non-hydrogen) atoms. The highest BCUT2D eigenvalue weighted by molar-refractivity contribution is 14.0. The summed E-state index contributed by atoms with van der Waals surface area (Å²) in [6, 6.07) is 0.490. The van der Waals surface area contributed by atoms with Crippen LogP contribution in [0.1, 0.15) is 25.7 Å². The summed E-state index contributed by atoms with van der Waals surface area (Å²) in [4.78, 5) is 4.07. The van der Waals surface area contributed by atoms with Crippen molar-refractivity contribution in [3.05, 3.63) is 0 Å². The van der Waals surface area contributed by atoms with Crippen LogP contribution in [-0.2, 0) is 9.84 Å². The summed E-state index contributed by atoms with van der Waals surface area (Å²) < 4.78 is 21.9. The van der Waals surface area contributed by atoms with E-state index in [-0.39, 0.29) is 29.7 Å². The van der Waals surface area contributed by atoms with E-state index in [1.165, 1.54) is 31.9 Å². The van der Waals surface area contributed by atoms with Gasteiger partial charge in [-0.2, -0.15) is 0 Å². The summed E-state index contributed by atoms with van der Waals surface area (Å²) in [5.41, 5.74) is 0. The van der Waals surface area contributed by atoms with Crippen LogP contribution in [0.5, 0.6) is 0 Å². The topological polar surface area (TPSA) is 70.6 Å². The number of halogens is 1. The Bertz CT molecular complexity index is 337. The number of aliphatic imine (C=N–C) groups is 1. The Balaban J connectivity index is 0.00000256. The van der Waals surface area contributed by atoms with Gasteiger partial charge < -0.3 is 10.6 Å². The fourth-order valence-electron chi connectivity index (χ4n) is 1.81. The van der Waals surface area contributed by atoms with Gasteiger partial charge in [-0.25, -0.2) is 8.42 Å². The molecule has 1 aliphatic rings. The van der Waals surface area contributed by atoms with Crippen LogP contribution in [0.25, 0.3) is 0 Å². The smallest absolute Gasteiger partial charge is 0.191 e. The molecule has 0 spiro atoms. The third-order valence-electron chi connectivity index (χ3n) is 2.68. The van der Waals surface area contributed by atoms with Crippen molar-refractivity contribution in [2.75, 3.05) is 25.6 Å². The van der Waals surface area contributed by atoms with Crippen LogP contribution < -0.4 is 10.6 Å². The number of rotatable bonds is 4. The Hall–Kier alpha value is -0.0500. The molecule has 5 nitrogen and oxygen atoms in total. The molecule has 0 aliphatic heterocycles. The molecule has 1 rings (SSSR count). The number of hydrogen-bond donors (Lipinski definition) is 2. The molecule has 0 bridgehead atoms. The minimum absolute atomic E-state index is 0. The molecule has 1 fully saturated rings. The van der Waals surface area contributed by atoms with Crippen LogP contribution in [0.2, 0.25) is 0 Å². The Labute approximate surface area is 121 Å². The van der Waals surface area contributed by atoms with Crippen molar-refractivity contribution >= 4 is 39.8 Å². The lowest BCUT2D eigenvalue weighted by molar-refractivity contribution is 0.598. The number of nitrogens with zero attached hydrogens (tertiary/aromatic N) is 1. The van der Waals surface area contributed by atoms with Gasteiger partial charge in [-0.1, -0.05) is 12.8 Å². The van der Waals surface area contributed by atoms with Crippen LogP contribution in [0.3, 0.4) is 0 Å². The SMILES string of the molecule is CN=C(NCCS(C)(=O)=O)NC1CCCC1.I. The summed E-state index contributed by atoms with van der Waals surface area (Å²) in [6.45, 7) is 0.408. The highest BCUT2D eigenvalue weighted by Gasteiger charge is 2.15. The van der Waals surface area contributed by atoms with Gasteiger partial charge in [0.15, 0.2) is 5.96 Å². The Kier molecular flexibility index (Phi) is 8.10. The van der Waals surface area contributed by atoms with Crippen LogP contribution in [-0.4, -0.2) is 46.0 Å². The molecule has 0 atom stereocenters. The molecule has 0 radical (unpaired) electrons. The van der Waals surface area contributed by atoms with Crippen LogP contribution in [0, 0.1) is 0 Å². The lowest BCUT2D eigenvalue weighted by Gasteiger charge is -2.16. The third-order valence-corrected chi connectivity index (χ3v) is 3.63. The minimum atomic E-state index is -2.90. The zero-order valence-corrected chi connectivity index (χ0v) is 13.5. The van der Waals surface area contributed by atoms with Crippen molar-refractivity contribution in [3.8, 4) is 0 Å². The van der Waals surface area contributed by atoms with E-state index in [4.69, 9.17) is 0 Å². The largest absolute Gasteiger partial charge is 0.355 e. The normalized spacial score (nSPS) is 17.6. The maximum absolute atomic E-state index is 10.9. The van der Waals surface area contributed by atoms with Crippen molar-refractivity contribution in [2.24, 2.45) is 4.99 Å². The van der Waals surface area contributed by atoms with E-state index in [0.717, 1.165) is 0 Å². The second kappa shape index (κ2) is 8.12. The molecule has 0 aromatic rings. The van der Waals surface area contributed by atoms with Crippen LogP contribution in [0.4, 0.5) is 0 Å². The monoisotopic (exact) mass is 375 g/mol. The van der Waals surface area contributed by atoms with Crippen molar-refractivity contribution in [1.29, 1.82) is 0 Å². The molecule has 0 unspecified atom stereocenters. The summed E-state index contributed by atoms with van der Waals surface area (Å²) in [6.07, 6.45) is 6.11. The standard InChI is InChI=1S/C10H21N3O2S.HI/c1-11-10(12-7-8-16(2,14)15)13-9-5-3-4-6-9;/h9H,3-8H2,1-2H3,(H2,11,12,13);1H. The Morgan fingerprint density at radius 1 is 1.35 bits per heavy atom. The first-order valence-electron chi connectivity index (χ1n) is 5.66. The Morgan fingerprint density at radius 3 is 2.41 bits per heavy atom. The van der Waals surface area contributed by atoms with Gasteiger partial charge in [0.05, 0.1) is 5.75 Å². The van der Waals surface area contributed by atoms with Crippen molar-refractivity contribution in [2.45, 2.75) is 31.7 Å². The lowest BCUT2D eigenvalue weighted by atomic mass is 10.2. The van der Waals surface area contributed by atoms with E-state index < -0.39 is 9.84 Å². The lowest BCUT2D eigenvalue weighted by Crippen LogP contribution is -2.43. The molecule has 2 N–H and O–H groups in total. The van der Waals surface area contributed by atoms with Gasteiger partial charge in [-0.3, -0.25) is 4.99 Å². The number of guanidine groups is 1. The van der Waals surface area contributed by atoms with Gasteiger partial charge in [0, 0.05) is 25.9 Å². The first kappa shape index (κ1) is 16.9.